The Labute approximate surface area is 148 Å². The number of benzene rings is 2. The van der Waals surface area contributed by atoms with Crippen molar-refractivity contribution in [2.75, 3.05) is 31.6 Å². The van der Waals surface area contributed by atoms with Crippen molar-refractivity contribution in [2.45, 2.75) is 12.6 Å². The molecule has 0 spiro atoms. The predicted molar refractivity (Wildman–Crippen MR) is 102 cm³/mol. The summed E-state index contributed by atoms with van der Waals surface area (Å²) in [7, 11) is 2.24. The van der Waals surface area contributed by atoms with E-state index in [1.807, 2.05) is 0 Å². The molecule has 5 rings (SSSR count). The molecule has 1 atom stereocenters. The van der Waals surface area contributed by atoms with Crippen molar-refractivity contribution >= 4 is 29.0 Å². The van der Waals surface area contributed by atoms with Gasteiger partial charge >= 0.3 is 0 Å². The summed E-state index contributed by atoms with van der Waals surface area (Å²) in [6, 6.07) is 20.5. The van der Waals surface area contributed by atoms with Gasteiger partial charge in [0.2, 0.25) is 0 Å². The van der Waals surface area contributed by atoms with Crippen LogP contribution < -0.4 is 4.90 Å². The van der Waals surface area contributed by atoms with Gasteiger partial charge in [0.25, 0.3) is 0 Å². The molecule has 3 heterocycles. The van der Waals surface area contributed by atoms with E-state index in [1.54, 1.807) is 0 Å². The fraction of sp³-hybridized carbons (Fsp3) is 0.300. The van der Waals surface area contributed by atoms with Crippen LogP contribution in [0.3, 0.4) is 0 Å². The smallest absolute Gasteiger partial charge is 0.0821 e. The first-order valence-corrected chi connectivity index (χ1v) is 8.42. The molecule has 0 aliphatic carbocycles. The lowest BCUT2D eigenvalue weighted by atomic mass is 10.1. The molecule has 0 radical (unpaired) electrons. The number of aromatic nitrogens is 1. The van der Waals surface area contributed by atoms with Crippen molar-refractivity contribution in [1.29, 1.82) is 0 Å². The van der Waals surface area contributed by atoms with Crippen LogP contribution in [0, 0.1) is 0 Å². The summed E-state index contributed by atoms with van der Waals surface area (Å²) in [6.07, 6.45) is 0. The molecule has 24 heavy (non-hydrogen) atoms. The Hall–Kier alpha value is -1.97. The second-order valence-corrected chi connectivity index (χ2v) is 6.81. The minimum Gasteiger partial charge on any atom is -0.360 e. The standard InChI is InChI=1S/C20H21N3.ClH/c1-21-10-11-22-18-9-5-3-7-16(18)13-23-17-8-4-2-6-15(17)12-19(23)20(22)14-21;/h2-9,12,20H,10-11,13-14H2,1H3;1H. The summed E-state index contributed by atoms with van der Waals surface area (Å²) >= 11 is 0. The van der Waals surface area contributed by atoms with Gasteiger partial charge in [0.05, 0.1) is 6.04 Å². The Bertz CT molecular complexity index is 885. The largest absolute Gasteiger partial charge is 0.360 e. The van der Waals surface area contributed by atoms with E-state index in [2.05, 4.69) is 76.0 Å². The molecule has 4 heteroatoms. The fourth-order valence-electron chi connectivity index (χ4n) is 4.24. The van der Waals surface area contributed by atoms with E-state index in [9.17, 15) is 0 Å². The van der Waals surface area contributed by atoms with Crippen molar-refractivity contribution < 1.29 is 0 Å². The van der Waals surface area contributed by atoms with Crippen LogP contribution in [0.25, 0.3) is 10.9 Å². The lowest BCUT2D eigenvalue weighted by Gasteiger charge is -2.41. The zero-order valence-corrected chi connectivity index (χ0v) is 14.7. The molecule has 0 bridgehead atoms. The minimum atomic E-state index is 0. The molecule has 1 saturated heterocycles. The number of piperazine rings is 1. The van der Waals surface area contributed by atoms with Crippen LogP contribution in [0.1, 0.15) is 17.3 Å². The predicted octanol–water partition coefficient (Wildman–Crippen LogP) is 3.92. The maximum Gasteiger partial charge on any atom is 0.0821 e. The Morgan fingerprint density at radius 1 is 0.958 bits per heavy atom. The monoisotopic (exact) mass is 339 g/mol. The van der Waals surface area contributed by atoms with Crippen LogP contribution in [0.4, 0.5) is 5.69 Å². The second kappa shape index (κ2) is 5.83. The minimum absolute atomic E-state index is 0. The zero-order valence-electron chi connectivity index (χ0n) is 13.9. The zero-order chi connectivity index (χ0) is 15.4. The lowest BCUT2D eigenvalue weighted by molar-refractivity contribution is 0.266. The number of anilines is 1. The molecule has 3 nitrogen and oxygen atoms in total. The third-order valence-corrected chi connectivity index (χ3v) is 5.40. The van der Waals surface area contributed by atoms with Gasteiger partial charge in [-0.25, -0.2) is 0 Å². The molecule has 0 N–H and O–H groups in total. The third kappa shape index (κ3) is 2.23. The van der Waals surface area contributed by atoms with E-state index >= 15 is 0 Å². The molecule has 2 aromatic carbocycles. The summed E-state index contributed by atoms with van der Waals surface area (Å²) in [5.74, 6) is 0. The number of nitrogens with zero attached hydrogens (tertiary/aromatic N) is 3. The number of rotatable bonds is 0. The van der Waals surface area contributed by atoms with Crippen LogP contribution in [-0.4, -0.2) is 36.1 Å². The number of hydrogen-bond donors (Lipinski definition) is 0. The van der Waals surface area contributed by atoms with E-state index in [0.29, 0.717) is 6.04 Å². The highest BCUT2D eigenvalue weighted by Gasteiger charge is 2.33. The average Bonchev–Trinajstić information content (AvgIpc) is 2.88. The van der Waals surface area contributed by atoms with Gasteiger partial charge in [0, 0.05) is 43.1 Å². The molecular weight excluding hydrogens is 318 g/mol. The second-order valence-electron chi connectivity index (χ2n) is 6.81. The highest BCUT2D eigenvalue weighted by Crippen LogP contribution is 2.39. The van der Waals surface area contributed by atoms with Crippen molar-refractivity contribution in [3.8, 4) is 0 Å². The molecule has 1 aromatic heterocycles. The molecule has 2 aliphatic heterocycles. The first-order chi connectivity index (χ1) is 11.3. The quantitative estimate of drug-likeness (QED) is 0.615. The lowest BCUT2D eigenvalue weighted by Crippen LogP contribution is -2.47. The van der Waals surface area contributed by atoms with Gasteiger partial charge in [-0.05, 0) is 36.2 Å². The molecule has 1 unspecified atom stereocenters. The number of likely N-dealkylation sites (N-methyl/N-ethyl adjacent to an activating group) is 1. The fourth-order valence-corrected chi connectivity index (χ4v) is 4.24. The Balaban J connectivity index is 0.00000146. The van der Waals surface area contributed by atoms with Gasteiger partial charge in [0.1, 0.15) is 0 Å². The van der Waals surface area contributed by atoms with E-state index in [0.717, 1.165) is 26.2 Å². The Morgan fingerprint density at radius 2 is 1.75 bits per heavy atom. The molecule has 0 amide bonds. The van der Waals surface area contributed by atoms with Crippen LogP contribution in [-0.2, 0) is 6.54 Å². The Morgan fingerprint density at radius 3 is 2.67 bits per heavy atom. The van der Waals surface area contributed by atoms with Crippen molar-refractivity contribution in [3.63, 3.8) is 0 Å². The first kappa shape index (κ1) is 15.6. The van der Waals surface area contributed by atoms with E-state index < -0.39 is 0 Å². The van der Waals surface area contributed by atoms with Gasteiger partial charge in [-0.3, -0.25) is 0 Å². The normalized spacial score (nSPS) is 19.9. The SMILES string of the molecule is CN1CCN2c3ccccc3Cn3c(cc4ccccc43)C2C1.Cl. The number of para-hydroxylation sites is 2. The van der Waals surface area contributed by atoms with Crippen molar-refractivity contribution in [2.24, 2.45) is 0 Å². The maximum atomic E-state index is 2.62. The third-order valence-electron chi connectivity index (χ3n) is 5.40. The van der Waals surface area contributed by atoms with E-state index in [4.69, 9.17) is 0 Å². The summed E-state index contributed by atoms with van der Waals surface area (Å²) in [5, 5.41) is 1.36. The van der Waals surface area contributed by atoms with E-state index in [1.165, 1.54) is 27.8 Å². The van der Waals surface area contributed by atoms with Gasteiger partial charge in [0.15, 0.2) is 0 Å². The summed E-state index contributed by atoms with van der Waals surface area (Å²) in [5.41, 5.74) is 5.65. The van der Waals surface area contributed by atoms with Crippen molar-refractivity contribution in [3.05, 3.63) is 65.9 Å². The topological polar surface area (TPSA) is 11.4 Å². The van der Waals surface area contributed by atoms with Crippen LogP contribution in [0.15, 0.2) is 54.6 Å². The molecular formula is C20H22ClN3. The highest BCUT2D eigenvalue weighted by molar-refractivity contribution is 5.85. The van der Waals surface area contributed by atoms with E-state index in [-0.39, 0.29) is 12.4 Å². The molecule has 124 valence electrons. The summed E-state index contributed by atoms with van der Waals surface area (Å²) in [6.45, 7) is 4.28. The summed E-state index contributed by atoms with van der Waals surface area (Å²) < 4.78 is 2.53. The van der Waals surface area contributed by atoms with Gasteiger partial charge in [-0.2, -0.15) is 0 Å². The molecule has 3 aromatic rings. The molecule has 2 aliphatic rings. The summed E-state index contributed by atoms with van der Waals surface area (Å²) in [4.78, 5) is 5.07. The van der Waals surface area contributed by atoms with Crippen molar-refractivity contribution in [1.82, 2.24) is 9.47 Å². The van der Waals surface area contributed by atoms with Crippen LogP contribution in [0.2, 0.25) is 0 Å². The molecule has 0 saturated carbocycles. The maximum absolute atomic E-state index is 2.62. The average molecular weight is 340 g/mol. The van der Waals surface area contributed by atoms with Gasteiger partial charge in [-0.1, -0.05) is 36.4 Å². The van der Waals surface area contributed by atoms with Gasteiger partial charge < -0.3 is 14.4 Å². The first-order valence-electron chi connectivity index (χ1n) is 8.42. The Kier molecular flexibility index (Phi) is 3.78. The van der Waals surface area contributed by atoms with Crippen LogP contribution in [0.5, 0.6) is 0 Å². The number of fused-ring (bicyclic) bond motifs is 7. The number of halogens is 1. The molecule has 1 fully saturated rings. The van der Waals surface area contributed by atoms with Gasteiger partial charge in [-0.15, -0.1) is 12.4 Å². The van der Waals surface area contributed by atoms with Crippen LogP contribution >= 0.6 is 12.4 Å². The number of hydrogen-bond acceptors (Lipinski definition) is 2. The highest BCUT2D eigenvalue weighted by atomic mass is 35.5.